The molecular weight excluding hydrogens is 839 g/mol. The fourth-order valence-electron chi connectivity index (χ4n) is 9.28. The van der Waals surface area contributed by atoms with Gasteiger partial charge in [0.1, 0.15) is 11.6 Å². The number of aryl methyl sites for hydroxylation is 1. The molecule has 0 saturated heterocycles. The molecule has 1 N–H and O–H groups in total. The number of pyridine rings is 1. The summed E-state index contributed by atoms with van der Waals surface area (Å²) in [5.41, 5.74) is 15.9. The number of para-hydroxylation sites is 1. The van der Waals surface area contributed by atoms with E-state index in [2.05, 4.69) is 133 Å². The van der Waals surface area contributed by atoms with Crippen molar-refractivity contribution in [3.63, 3.8) is 0 Å². The Morgan fingerprint density at radius 3 is 1.81 bits per heavy atom. The van der Waals surface area contributed by atoms with E-state index in [0.29, 0.717) is 33.7 Å². The van der Waals surface area contributed by atoms with Gasteiger partial charge in [0, 0.05) is 24.2 Å². The predicted octanol–water partition coefficient (Wildman–Crippen LogP) is 18.2. The Labute approximate surface area is 417 Å². The van der Waals surface area contributed by atoms with Crippen molar-refractivity contribution in [1.82, 2.24) is 14.5 Å². The number of hydrogen-bond donors (Lipinski definition) is 1. The lowest BCUT2D eigenvalue weighted by molar-refractivity contribution is 0.466. The first-order valence-corrected chi connectivity index (χ1v) is 24.2. The van der Waals surface area contributed by atoms with Crippen LogP contribution in [0, 0.1) is 6.85 Å². The highest BCUT2D eigenvalue weighted by molar-refractivity contribution is 5.97. The Morgan fingerprint density at radius 2 is 1.17 bits per heavy atom. The van der Waals surface area contributed by atoms with Gasteiger partial charge in [0.15, 0.2) is 0 Å². The summed E-state index contributed by atoms with van der Waals surface area (Å²) in [6.07, 6.45) is 1.87. The maximum atomic E-state index is 12.4. The summed E-state index contributed by atoms with van der Waals surface area (Å²) in [4.78, 5) is 10.5. The summed E-state index contributed by atoms with van der Waals surface area (Å²) in [5.74, 6) is -1.29. The molecular formula is C65H67N3O. The molecule has 0 aliphatic heterocycles. The molecule has 4 nitrogen and oxygen atoms in total. The minimum atomic E-state index is -2.59. The molecule has 0 atom stereocenters. The van der Waals surface area contributed by atoms with Gasteiger partial charge in [-0.3, -0.25) is 9.55 Å². The molecule has 0 saturated carbocycles. The van der Waals surface area contributed by atoms with Crippen molar-refractivity contribution < 1.29 is 12.0 Å². The number of fused-ring (bicyclic) bond motifs is 1. The Balaban J connectivity index is 1.28. The smallest absolute Gasteiger partial charge is 0.149 e. The van der Waals surface area contributed by atoms with Crippen LogP contribution in [0.15, 0.2) is 158 Å². The van der Waals surface area contributed by atoms with Crippen LogP contribution in [-0.4, -0.2) is 19.6 Å². The molecule has 9 aromatic rings. The molecule has 0 bridgehead atoms. The molecule has 0 aliphatic carbocycles. The standard InChI is InChI=1S/C65H67N3O/c1-39(2)49-30-50(40(3)4)32-52(31-49)47-25-26-60(43(9)29-47)68-61-20-16-19-56(62(61)67-64(68)58-37-51(41(5)6)36-57(42(7)8)63(58)69)53-33-54(35-55(34-53)65(10,11)12)59-38-48(27-28-66-59)46-23-21-45(22-24-46)44-17-14-13-15-18-44/h13-42,69H,1-12H3/i9D3,39D,40D. The lowest BCUT2D eigenvalue weighted by Gasteiger charge is -2.22. The molecule has 0 aliphatic rings. The van der Waals surface area contributed by atoms with Crippen LogP contribution >= 0.6 is 0 Å². The van der Waals surface area contributed by atoms with E-state index in [1.165, 1.54) is 5.56 Å². The molecule has 0 fully saturated rings. The molecule has 348 valence electrons. The molecule has 0 unspecified atom stereocenters. The normalized spacial score (nSPS) is 13.6. The van der Waals surface area contributed by atoms with Crippen LogP contribution < -0.4 is 0 Å². The van der Waals surface area contributed by atoms with Crippen molar-refractivity contribution in [2.24, 2.45) is 0 Å². The molecule has 7 aromatic carbocycles. The summed E-state index contributed by atoms with van der Waals surface area (Å²) >= 11 is 0. The van der Waals surface area contributed by atoms with E-state index >= 15 is 0 Å². The van der Waals surface area contributed by atoms with Gasteiger partial charge in [0.25, 0.3) is 0 Å². The lowest BCUT2D eigenvalue weighted by Crippen LogP contribution is -2.11. The lowest BCUT2D eigenvalue weighted by atomic mass is 9.83. The zero-order valence-corrected chi connectivity index (χ0v) is 42.0. The van der Waals surface area contributed by atoms with Crippen molar-refractivity contribution >= 4 is 11.0 Å². The van der Waals surface area contributed by atoms with E-state index in [-0.39, 0.29) is 28.6 Å². The first-order valence-electron chi connectivity index (χ1n) is 26.7. The maximum Gasteiger partial charge on any atom is 0.149 e. The van der Waals surface area contributed by atoms with Gasteiger partial charge in [-0.1, -0.05) is 179 Å². The Hall–Kier alpha value is -7.04. The van der Waals surface area contributed by atoms with Gasteiger partial charge in [-0.15, -0.1) is 0 Å². The number of aromatic hydroxyl groups is 1. The van der Waals surface area contributed by atoms with Crippen molar-refractivity contribution in [1.29, 1.82) is 0 Å². The van der Waals surface area contributed by atoms with Gasteiger partial charge in [-0.25, -0.2) is 4.98 Å². The molecule has 9 rings (SSSR count). The summed E-state index contributed by atoms with van der Waals surface area (Å²) < 4.78 is 47.2. The average molecular weight is 911 g/mol. The number of rotatable bonds is 11. The minimum Gasteiger partial charge on any atom is -0.507 e. The van der Waals surface area contributed by atoms with E-state index in [9.17, 15) is 5.11 Å². The van der Waals surface area contributed by atoms with Crippen LogP contribution in [0.2, 0.25) is 0 Å². The number of benzene rings is 7. The molecule has 2 aromatic heterocycles. The van der Waals surface area contributed by atoms with Crippen LogP contribution in [0.1, 0.15) is 140 Å². The second kappa shape index (κ2) is 18.8. The third-order valence-corrected chi connectivity index (χ3v) is 13.5. The van der Waals surface area contributed by atoms with Crippen LogP contribution in [0.25, 0.3) is 83.9 Å². The fraction of sp³-hybridized carbons (Fsp3) is 0.262. The summed E-state index contributed by atoms with van der Waals surface area (Å²) in [7, 11) is 0. The number of nitrogens with zero attached hydrogens (tertiary/aromatic N) is 3. The SMILES string of the molecule is [2H]C([2H])([2H])c1cc(-c2cc(C([2H])(C)C)cc(C([2H])(C)C)c2)ccc1-n1c(-c2cc(C(C)C)cc(C(C)C)c2O)nc2c(-c3cc(-c4cc(-c5ccc(-c6ccccc6)cc5)ccn4)cc(C(C)(C)C)c3)cccc21. The number of aromatic nitrogens is 3. The number of phenolic OH excluding ortho intramolecular Hbond substituents is 1. The third-order valence-electron chi connectivity index (χ3n) is 13.5. The predicted molar refractivity (Wildman–Crippen MR) is 293 cm³/mol. The maximum absolute atomic E-state index is 12.4. The molecule has 4 heteroatoms. The van der Waals surface area contributed by atoms with Gasteiger partial charge in [-0.2, -0.15) is 0 Å². The summed E-state index contributed by atoms with van der Waals surface area (Å²) in [6, 6.07) is 51.2. The fourth-order valence-corrected chi connectivity index (χ4v) is 9.28. The van der Waals surface area contributed by atoms with Gasteiger partial charge in [0.05, 0.1) is 28.0 Å². The highest BCUT2D eigenvalue weighted by Crippen LogP contribution is 2.44. The largest absolute Gasteiger partial charge is 0.507 e. The Morgan fingerprint density at radius 1 is 0.536 bits per heavy atom. The Kier molecular flexibility index (Phi) is 11.2. The minimum absolute atomic E-state index is 0.0135. The highest BCUT2D eigenvalue weighted by atomic mass is 16.3. The van der Waals surface area contributed by atoms with Crippen molar-refractivity contribution in [3.05, 3.63) is 191 Å². The average Bonchev–Trinajstić information content (AvgIpc) is 3.75. The third kappa shape index (κ3) is 9.42. The van der Waals surface area contributed by atoms with Crippen molar-refractivity contribution in [3.8, 4) is 78.6 Å². The molecule has 0 amide bonds. The molecule has 2 heterocycles. The quantitative estimate of drug-likeness (QED) is 0.141. The van der Waals surface area contributed by atoms with Gasteiger partial charge in [0.2, 0.25) is 0 Å². The molecule has 69 heavy (non-hydrogen) atoms. The summed E-state index contributed by atoms with van der Waals surface area (Å²) in [5, 5.41) is 12.4. The monoisotopic (exact) mass is 911 g/mol. The van der Waals surface area contributed by atoms with Crippen LogP contribution in [-0.2, 0) is 5.41 Å². The van der Waals surface area contributed by atoms with Gasteiger partial charge >= 0.3 is 0 Å². The van der Waals surface area contributed by atoms with E-state index in [1.54, 1.807) is 6.07 Å². The summed E-state index contributed by atoms with van der Waals surface area (Å²) in [6.45, 7) is 19.7. The van der Waals surface area contributed by atoms with Crippen molar-refractivity contribution in [2.45, 2.75) is 112 Å². The highest BCUT2D eigenvalue weighted by Gasteiger charge is 2.25. The zero-order chi connectivity index (χ0) is 53.2. The number of hydrogen-bond acceptors (Lipinski definition) is 3. The van der Waals surface area contributed by atoms with E-state index in [1.807, 2.05) is 99.1 Å². The number of phenols is 1. The topological polar surface area (TPSA) is 50.9 Å². The second-order valence-electron chi connectivity index (χ2n) is 20.7. The van der Waals surface area contributed by atoms with Gasteiger partial charge in [-0.05, 0) is 157 Å². The van der Waals surface area contributed by atoms with Crippen LogP contribution in [0.4, 0.5) is 0 Å². The van der Waals surface area contributed by atoms with E-state index in [4.69, 9.17) is 16.8 Å². The second-order valence-corrected chi connectivity index (χ2v) is 20.7. The van der Waals surface area contributed by atoms with Crippen LogP contribution in [0.3, 0.4) is 0 Å². The van der Waals surface area contributed by atoms with Crippen LogP contribution in [0.5, 0.6) is 5.75 Å². The molecule has 0 spiro atoms. The first kappa shape index (κ1) is 41.0. The van der Waals surface area contributed by atoms with Gasteiger partial charge < -0.3 is 5.11 Å². The first-order chi connectivity index (χ1) is 34.8. The van der Waals surface area contributed by atoms with E-state index < -0.39 is 18.6 Å². The van der Waals surface area contributed by atoms with E-state index in [0.717, 1.165) is 72.5 Å². The molecule has 0 radical (unpaired) electrons. The zero-order valence-electron chi connectivity index (χ0n) is 47.0. The van der Waals surface area contributed by atoms with Crippen molar-refractivity contribution in [2.75, 3.05) is 0 Å². The number of imidazole rings is 1. The Bertz CT molecular complexity index is 3520.